The van der Waals surface area contributed by atoms with Gasteiger partial charge in [0.15, 0.2) is 0 Å². The van der Waals surface area contributed by atoms with Gasteiger partial charge in [0.25, 0.3) is 0 Å². The fraction of sp³-hybridized carbons (Fsp3) is 1.00. The second-order valence-corrected chi connectivity index (χ2v) is 4.13. The average molecular weight is 219 g/mol. The first kappa shape index (κ1) is 14.8. The van der Waals surface area contributed by atoms with Gasteiger partial charge in [-0.25, -0.2) is 0 Å². The molecule has 0 aliphatic carbocycles. The summed E-state index contributed by atoms with van der Waals surface area (Å²) in [6.07, 6.45) is 0.941. The van der Waals surface area contributed by atoms with Gasteiger partial charge in [0.05, 0.1) is 19.3 Å². The zero-order valence-corrected chi connectivity index (χ0v) is 10.3. The first-order chi connectivity index (χ1) is 7.10. The summed E-state index contributed by atoms with van der Waals surface area (Å²) in [7, 11) is 1.66. The summed E-state index contributed by atoms with van der Waals surface area (Å²) in [5, 5.41) is 12.4. The quantitative estimate of drug-likeness (QED) is 0.602. The molecule has 15 heavy (non-hydrogen) atoms. The summed E-state index contributed by atoms with van der Waals surface area (Å²) in [6.45, 7) is 7.53. The highest BCUT2D eigenvalue weighted by Crippen LogP contribution is 1.98. The molecule has 0 aliphatic rings. The molecule has 0 spiro atoms. The lowest BCUT2D eigenvalue weighted by Crippen LogP contribution is -2.38. The van der Waals surface area contributed by atoms with Crippen molar-refractivity contribution < 1.29 is 14.6 Å². The van der Waals surface area contributed by atoms with Crippen LogP contribution >= 0.6 is 0 Å². The molecule has 0 radical (unpaired) electrons. The molecule has 0 rings (SSSR count). The van der Waals surface area contributed by atoms with Gasteiger partial charge in [-0.2, -0.15) is 0 Å². The standard InChI is InChI=1S/C11H25NO3/c1-9(2)12-11(7-13)5-6-15-10(3)8-14-4/h9-13H,5-8H2,1-4H3. The van der Waals surface area contributed by atoms with Gasteiger partial charge in [0, 0.05) is 25.8 Å². The highest BCUT2D eigenvalue weighted by molar-refractivity contribution is 4.67. The molecule has 0 heterocycles. The maximum atomic E-state index is 9.10. The molecule has 0 saturated carbocycles. The smallest absolute Gasteiger partial charge is 0.0780 e. The third kappa shape index (κ3) is 8.81. The van der Waals surface area contributed by atoms with E-state index in [4.69, 9.17) is 14.6 Å². The molecule has 4 nitrogen and oxygen atoms in total. The number of hydrogen-bond donors (Lipinski definition) is 2. The van der Waals surface area contributed by atoms with Gasteiger partial charge in [-0.3, -0.25) is 0 Å². The average Bonchev–Trinajstić information content (AvgIpc) is 2.16. The Morgan fingerprint density at radius 1 is 1.27 bits per heavy atom. The lowest BCUT2D eigenvalue weighted by atomic mass is 10.2. The van der Waals surface area contributed by atoms with Crippen LogP contribution in [0.15, 0.2) is 0 Å². The fourth-order valence-electron chi connectivity index (χ4n) is 1.39. The molecule has 0 aromatic carbocycles. The lowest BCUT2D eigenvalue weighted by molar-refractivity contribution is 0.00351. The van der Waals surface area contributed by atoms with E-state index in [9.17, 15) is 0 Å². The molecule has 0 aromatic heterocycles. The predicted octanol–water partition coefficient (Wildman–Crippen LogP) is 0.787. The van der Waals surface area contributed by atoms with Crippen LogP contribution in [0.2, 0.25) is 0 Å². The first-order valence-electron chi connectivity index (χ1n) is 5.57. The van der Waals surface area contributed by atoms with Gasteiger partial charge in [-0.05, 0) is 13.3 Å². The third-order valence-corrected chi connectivity index (χ3v) is 2.06. The van der Waals surface area contributed by atoms with E-state index < -0.39 is 0 Å². The highest BCUT2D eigenvalue weighted by Gasteiger charge is 2.09. The van der Waals surface area contributed by atoms with Crippen molar-refractivity contribution in [3.05, 3.63) is 0 Å². The van der Waals surface area contributed by atoms with Gasteiger partial charge < -0.3 is 19.9 Å². The minimum Gasteiger partial charge on any atom is -0.395 e. The monoisotopic (exact) mass is 219 g/mol. The van der Waals surface area contributed by atoms with Gasteiger partial charge in [-0.15, -0.1) is 0 Å². The van der Waals surface area contributed by atoms with E-state index in [1.165, 1.54) is 0 Å². The SMILES string of the molecule is COCC(C)OCCC(CO)NC(C)C. The minimum absolute atomic E-state index is 0.119. The Balaban J connectivity index is 3.53. The van der Waals surface area contributed by atoms with Crippen LogP contribution in [0.5, 0.6) is 0 Å². The van der Waals surface area contributed by atoms with E-state index in [0.717, 1.165) is 6.42 Å². The van der Waals surface area contributed by atoms with Crippen molar-refractivity contribution in [1.29, 1.82) is 0 Å². The Kier molecular flexibility index (Phi) is 9.00. The topological polar surface area (TPSA) is 50.7 Å². The van der Waals surface area contributed by atoms with Crippen molar-refractivity contribution in [2.24, 2.45) is 0 Å². The number of aliphatic hydroxyl groups excluding tert-OH is 1. The highest BCUT2D eigenvalue weighted by atomic mass is 16.5. The maximum Gasteiger partial charge on any atom is 0.0780 e. The van der Waals surface area contributed by atoms with E-state index in [2.05, 4.69) is 19.2 Å². The molecule has 4 heteroatoms. The second kappa shape index (κ2) is 9.09. The summed E-state index contributed by atoms with van der Waals surface area (Å²) in [5.74, 6) is 0. The lowest BCUT2D eigenvalue weighted by Gasteiger charge is -2.20. The molecule has 0 amide bonds. The molecule has 0 fully saturated rings. The van der Waals surface area contributed by atoms with Gasteiger partial charge in [0.2, 0.25) is 0 Å². The summed E-state index contributed by atoms with van der Waals surface area (Å²) in [5.41, 5.74) is 0. The molecular formula is C11H25NO3. The molecule has 0 aromatic rings. The van der Waals surface area contributed by atoms with Crippen LogP contribution in [0.1, 0.15) is 27.2 Å². The van der Waals surface area contributed by atoms with Crippen LogP contribution in [0.3, 0.4) is 0 Å². The van der Waals surface area contributed by atoms with Crippen LogP contribution in [0, 0.1) is 0 Å². The van der Waals surface area contributed by atoms with Crippen LogP contribution in [0.25, 0.3) is 0 Å². The first-order valence-corrected chi connectivity index (χ1v) is 5.57. The third-order valence-electron chi connectivity index (χ3n) is 2.06. The fourth-order valence-corrected chi connectivity index (χ4v) is 1.39. The van der Waals surface area contributed by atoms with Crippen molar-refractivity contribution in [3.63, 3.8) is 0 Å². The Labute approximate surface area is 93.0 Å². The molecule has 0 bridgehead atoms. The number of aliphatic hydroxyl groups is 1. The van der Waals surface area contributed by atoms with Crippen LogP contribution in [-0.2, 0) is 9.47 Å². The maximum absolute atomic E-state index is 9.10. The summed E-state index contributed by atoms with van der Waals surface area (Å²) in [6, 6.07) is 0.512. The van der Waals surface area contributed by atoms with E-state index in [1.807, 2.05) is 6.92 Å². The number of ether oxygens (including phenoxy) is 2. The van der Waals surface area contributed by atoms with E-state index in [0.29, 0.717) is 19.3 Å². The number of methoxy groups -OCH3 is 1. The number of rotatable bonds is 9. The predicted molar refractivity (Wildman–Crippen MR) is 61.1 cm³/mol. The molecule has 2 N–H and O–H groups in total. The normalized spacial score (nSPS) is 15.6. The van der Waals surface area contributed by atoms with E-state index >= 15 is 0 Å². The van der Waals surface area contributed by atoms with E-state index in [1.54, 1.807) is 7.11 Å². The Morgan fingerprint density at radius 3 is 2.40 bits per heavy atom. The summed E-state index contributed by atoms with van der Waals surface area (Å²) in [4.78, 5) is 0. The molecule has 0 aliphatic heterocycles. The molecule has 92 valence electrons. The molecular weight excluding hydrogens is 194 g/mol. The van der Waals surface area contributed by atoms with Crippen LogP contribution in [-0.4, -0.2) is 50.2 Å². The second-order valence-electron chi connectivity index (χ2n) is 4.13. The van der Waals surface area contributed by atoms with Crippen molar-refractivity contribution in [3.8, 4) is 0 Å². The summed E-state index contributed by atoms with van der Waals surface area (Å²) < 4.78 is 10.5. The van der Waals surface area contributed by atoms with Crippen molar-refractivity contribution in [1.82, 2.24) is 5.32 Å². The molecule has 2 atom stereocenters. The van der Waals surface area contributed by atoms with Crippen LogP contribution in [0.4, 0.5) is 0 Å². The zero-order chi connectivity index (χ0) is 11.7. The number of nitrogens with one attached hydrogen (secondary N) is 1. The van der Waals surface area contributed by atoms with Crippen molar-refractivity contribution >= 4 is 0 Å². The zero-order valence-electron chi connectivity index (χ0n) is 10.3. The van der Waals surface area contributed by atoms with Crippen molar-refractivity contribution in [2.45, 2.75) is 45.4 Å². The van der Waals surface area contributed by atoms with E-state index in [-0.39, 0.29) is 18.8 Å². The Bertz CT molecular complexity index is 142. The minimum atomic E-state index is 0.119. The number of hydrogen-bond acceptors (Lipinski definition) is 4. The van der Waals surface area contributed by atoms with Crippen molar-refractivity contribution in [2.75, 3.05) is 26.9 Å². The van der Waals surface area contributed by atoms with Gasteiger partial charge in [0.1, 0.15) is 0 Å². The van der Waals surface area contributed by atoms with Gasteiger partial charge >= 0.3 is 0 Å². The largest absolute Gasteiger partial charge is 0.395 e. The van der Waals surface area contributed by atoms with Crippen LogP contribution < -0.4 is 5.32 Å². The molecule has 0 saturated heterocycles. The van der Waals surface area contributed by atoms with Gasteiger partial charge in [-0.1, -0.05) is 13.8 Å². The molecule has 2 unspecified atom stereocenters. The summed E-state index contributed by atoms with van der Waals surface area (Å²) >= 11 is 0. The Hall–Kier alpha value is -0.160. The Morgan fingerprint density at radius 2 is 1.93 bits per heavy atom.